The van der Waals surface area contributed by atoms with Gasteiger partial charge in [-0.2, -0.15) is 0 Å². The average molecular weight is 639 g/mol. The van der Waals surface area contributed by atoms with Gasteiger partial charge in [0.2, 0.25) is 11.6 Å². The molecule has 0 fully saturated rings. The lowest BCUT2D eigenvalue weighted by atomic mass is 9.82. The lowest BCUT2D eigenvalue weighted by Gasteiger charge is -2.29. The predicted molar refractivity (Wildman–Crippen MR) is 173 cm³/mol. The highest BCUT2D eigenvalue weighted by Gasteiger charge is 2.52. The molecule has 46 heavy (non-hydrogen) atoms. The molecule has 0 spiro atoms. The van der Waals surface area contributed by atoms with E-state index in [0.29, 0.717) is 19.6 Å². The molecule has 1 amide bonds. The third kappa shape index (κ3) is 6.80. The number of aliphatic hydroxyl groups excluding tert-OH is 2. The summed E-state index contributed by atoms with van der Waals surface area (Å²) < 4.78 is 12.0. The largest absolute Gasteiger partial charge is 0.507 e. The first-order valence-electron chi connectivity index (χ1n) is 15.7. The number of aliphatic imine (C=N–C) groups is 1. The molecular formula is C34H46N4O8. The summed E-state index contributed by atoms with van der Waals surface area (Å²) in [5, 5.41) is 37.2. The van der Waals surface area contributed by atoms with Gasteiger partial charge < -0.3 is 40.3 Å². The van der Waals surface area contributed by atoms with Gasteiger partial charge in [0.05, 0.1) is 47.4 Å². The van der Waals surface area contributed by atoms with Crippen LogP contribution in [-0.4, -0.2) is 101 Å². The number of ether oxygens (including phenoxy) is 2. The minimum absolute atomic E-state index is 0.0954. The van der Waals surface area contributed by atoms with Crippen LogP contribution >= 0.6 is 0 Å². The zero-order chi connectivity index (χ0) is 34.1. The first-order valence-corrected chi connectivity index (χ1v) is 15.7. The Bertz CT molecular complexity index is 1540. The molecule has 2 heterocycles. The maximum atomic E-state index is 14.3. The predicted octanol–water partition coefficient (Wildman–Crippen LogP) is 2.54. The second-order valence-corrected chi connectivity index (χ2v) is 12.6. The maximum absolute atomic E-state index is 14.3. The van der Waals surface area contributed by atoms with Crippen LogP contribution in [0.2, 0.25) is 0 Å². The Morgan fingerprint density at radius 2 is 1.85 bits per heavy atom. The van der Waals surface area contributed by atoms with E-state index in [1.54, 1.807) is 52.8 Å². The van der Waals surface area contributed by atoms with E-state index >= 15 is 0 Å². The Hall–Kier alpha value is -3.84. The number of nitrogens with one attached hydrogen (secondary N) is 2. The Morgan fingerprint density at radius 3 is 2.50 bits per heavy atom. The molecule has 1 aromatic rings. The quantitative estimate of drug-likeness (QED) is 0.211. The van der Waals surface area contributed by atoms with Crippen LogP contribution in [0.5, 0.6) is 11.5 Å². The fourth-order valence-corrected chi connectivity index (χ4v) is 5.79. The fourth-order valence-electron chi connectivity index (χ4n) is 5.79. The molecule has 12 nitrogen and oxygen atoms in total. The number of ketones is 2. The van der Waals surface area contributed by atoms with Gasteiger partial charge in [-0.3, -0.25) is 19.4 Å². The van der Waals surface area contributed by atoms with Crippen molar-refractivity contribution in [3.05, 3.63) is 57.4 Å². The van der Waals surface area contributed by atoms with E-state index in [1.165, 1.54) is 13.8 Å². The number of allylic oxidation sites excluding steroid dienone is 4. The standard InChI is InChI=1S/C34H46N4O8/c1-17(2)45-34(7)32(43)24-22-23(29(41)20(5)31(24)46-34)30(42)27(26-25(22)36-14-16-38(8)15-10-13-35-26)37-33(44)19(4)12-9-11-18(3)28(40)21(6)39/h9,11-12,17-18,21,28,35,39-41H,10,13-16H2,1-8H3,(H,37,44)/b11-9+,19-12-,36-25-/t18-,21?,28-,34-/m0/s1. The first kappa shape index (κ1) is 35.0. The number of carbonyl (C=O) groups excluding carboxylic acids is 3. The van der Waals surface area contributed by atoms with Crippen molar-refractivity contribution in [3.8, 4) is 11.5 Å². The number of phenols is 1. The van der Waals surface area contributed by atoms with Crippen LogP contribution in [0.25, 0.3) is 0 Å². The minimum atomic E-state index is -1.67. The zero-order valence-corrected chi connectivity index (χ0v) is 27.9. The van der Waals surface area contributed by atoms with Crippen LogP contribution in [0.4, 0.5) is 0 Å². The fraction of sp³-hybridized carbons (Fsp3) is 0.529. The van der Waals surface area contributed by atoms with Crippen LogP contribution < -0.4 is 15.4 Å². The van der Waals surface area contributed by atoms with Gasteiger partial charge in [0.1, 0.15) is 17.2 Å². The van der Waals surface area contributed by atoms with E-state index in [1.807, 2.05) is 7.05 Å². The third-order valence-corrected chi connectivity index (χ3v) is 8.39. The number of hydrogen-bond acceptors (Lipinski definition) is 11. The third-order valence-electron chi connectivity index (χ3n) is 8.39. The lowest BCUT2D eigenvalue weighted by molar-refractivity contribution is -0.150. The van der Waals surface area contributed by atoms with Crippen LogP contribution in [0, 0.1) is 12.8 Å². The number of phenolic OH excluding ortho intramolecular Hbond substituents is 1. The molecule has 2 aliphatic heterocycles. The number of aliphatic hydroxyl groups is 2. The number of rotatable bonds is 8. The maximum Gasteiger partial charge on any atom is 0.272 e. The number of hydrogen-bond donors (Lipinski definition) is 5. The minimum Gasteiger partial charge on any atom is -0.507 e. The Balaban J connectivity index is 1.84. The van der Waals surface area contributed by atoms with Crippen LogP contribution in [0.3, 0.4) is 0 Å². The number of amides is 1. The Labute approximate surface area is 269 Å². The molecule has 12 heteroatoms. The van der Waals surface area contributed by atoms with Crippen molar-refractivity contribution in [2.45, 2.75) is 79.0 Å². The normalized spacial score (nSPS) is 24.0. The number of carbonyl (C=O) groups is 3. The molecule has 5 N–H and O–H groups in total. The van der Waals surface area contributed by atoms with Gasteiger partial charge in [-0.15, -0.1) is 0 Å². The number of Topliss-reactive ketones (excluding diaryl/α,β-unsaturated/α-hetero) is 2. The Morgan fingerprint density at radius 1 is 1.15 bits per heavy atom. The van der Waals surface area contributed by atoms with E-state index in [4.69, 9.17) is 14.5 Å². The molecule has 3 aliphatic rings. The van der Waals surface area contributed by atoms with Crippen molar-refractivity contribution in [3.63, 3.8) is 0 Å². The van der Waals surface area contributed by atoms with Crippen molar-refractivity contribution >= 4 is 23.2 Å². The number of likely N-dealkylation sites (N-methyl/N-ethyl adjacent to an activating group) is 1. The molecular weight excluding hydrogens is 592 g/mol. The summed E-state index contributed by atoms with van der Waals surface area (Å²) in [6, 6.07) is 0. The first-order chi connectivity index (χ1) is 21.6. The van der Waals surface area contributed by atoms with Gasteiger partial charge in [0.15, 0.2) is 0 Å². The van der Waals surface area contributed by atoms with Crippen molar-refractivity contribution in [2.24, 2.45) is 10.9 Å². The molecule has 4 atom stereocenters. The molecule has 0 saturated carbocycles. The summed E-state index contributed by atoms with van der Waals surface area (Å²) in [5.74, 6) is -4.03. The van der Waals surface area contributed by atoms with Crippen molar-refractivity contribution in [1.29, 1.82) is 0 Å². The monoisotopic (exact) mass is 638 g/mol. The van der Waals surface area contributed by atoms with Crippen LogP contribution in [-0.2, 0) is 9.53 Å². The van der Waals surface area contributed by atoms with E-state index < -0.39 is 35.5 Å². The second kappa shape index (κ2) is 13.9. The van der Waals surface area contributed by atoms with Gasteiger partial charge in [-0.1, -0.05) is 25.2 Å². The molecule has 0 bridgehead atoms. The van der Waals surface area contributed by atoms with E-state index in [2.05, 4.69) is 15.5 Å². The van der Waals surface area contributed by atoms with Crippen molar-refractivity contribution < 1.29 is 39.2 Å². The molecule has 4 rings (SSSR count). The van der Waals surface area contributed by atoms with E-state index in [-0.39, 0.29) is 68.5 Å². The molecule has 1 aliphatic carbocycles. The highest BCUT2D eigenvalue weighted by atomic mass is 16.7. The number of fused-ring (bicyclic) bond motifs is 5. The summed E-state index contributed by atoms with van der Waals surface area (Å²) in [6.07, 6.45) is 3.31. The summed E-state index contributed by atoms with van der Waals surface area (Å²) in [6.45, 7) is 13.6. The lowest BCUT2D eigenvalue weighted by Crippen LogP contribution is -2.43. The summed E-state index contributed by atoms with van der Waals surface area (Å²) >= 11 is 0. The van der Waals surface area contributed by atoms with Gasteiger partial charge in [-0.05, 0) is 54.6 Å². The molecule has 0 aromatic heterocycles. The number of benzene rings is 1. The topological polar surface area (TPSA) is 170 Å². The van der Waals surface area contributed by atoms with Crippen molar-refractivity contribution in [2.75, 3.05) is 33.2 Å². The van der Waals surface area contributed by atoms with Gasteiger partial charge in [0.25, 0.3) is 11.7 Å². The van der Waals surface area contributed by atoms with Crippen LogP contribution in [0.1, 0.15) is 79.8 Å². The highest BCUT2D eigenvalue weighted by molar-refractivity contribution is 6.34. The zero-order valence-electron chi connectivity index (χ0n) is 27.9. The number of nitrogens with zero attached hydrogens (tertiary/aromatic N) is 2. The average Bonchev–Trinajstić information content (AvgIpc) is 3.24. The SMILES string of the molecule is C/C(=C/C=C/[C@H](C)[C@H](O)C(C)O)C(=O)NC1=C2NCCCN(C)CC/N=C\2c2c(c(O)c(C)c3c2C(=O)[C@@](C)(OC(C)C)O3)C1=O. The smallest absolute Gasteiger partial charge is 0.272 e. The molecule has 0 radical (unpaired) electrons. The van der Waals surface area contributed by atoms with Crippen LogP contribution in [0.15, 0.2) is 40.2 Å². The van der Waals surface area contributed by atoms with E-state index in [9.17, 15) is 29.7 Å². The van der Waals surface area contributed by atoms with Crippen molar-refractivity contribution in [1.82, 2.24) is 15.5 Å². The number of aromatic hydroxyl groups is 1. The molecule has 1 unspecified atom stereocenters. The van der Waals surface area contributed by atoms with Gasteiger partial charge in [0, 0.05) is 42.6 Å². The molecule has 0 saturated heterocycles. The summed E-state index contributed by atoms with van der Waals surface area (Å²) in [5.41, 5.74) is 0.990. The highest BCUT2D eigenvalue weighted by Crippen LogP contribution is 2.48. The summed E-state index contributed by atoms with van der Waals surface area (Å²) in [4.78, 5) is 48.7. The molecule has 1 aromatic carbocycles. The Kier molecular flexibility index (Phi) is 10.6. The molecule has 250 valence electrons. The summed E-state index contributed by atoms with van der Waals surface area (Å²) in [7, 11) is 1.98. The van der Waals surface area contributed by atoms with E-state index in [0.717, 1.165) is 13.0 Å². The van der Waals surface area contributed by atoms with Gasteiger partial charge in [-0.25, -0.2) is 0 Å². The second-order valence-electron chi connectivity index (χ2n) is 12.6. The van der Waals surface area contributed by atoms with Gasteiger partial charge >= 0.3 is 0 Å².